The lowest BCUT2D eigenvalue weighted by molar-refractivity contribution is 0.868. The third-order valence-electron chi connectivity index (χ3n) is 2.25. The molecular formula is C11H14N4. The highest BCUT2D eigenvalue weighted by molar-refractivity contribution is 5.44. The maximum Gasteiger partial charge on any atom is 0.127 e. The normalized spacial score (nSPS) is 10.5. The van der Waals surface area contributed by atoms with E-state index in [9.17, 15) is 0 Å². The molecule has 78 valence electrons. The third-order valence-corrected chi connectivity index (χ3v) is 2.25. The van der Waals surface area contributed by atoms with Gasteiger partial charge in [0.25, 0.3) is 0 Å². The minimum atomic E-state index is 0.522. The maximum absolute atomic E-state index is 5.83. The number of aryl methyl sites for hydroxylation is 1. The maximum atomic E-state index is 5.83. The van der Waals surface area contributed by atoms with Crippen LogP contribution >= 0.6 is 0 Å². The summed E-state index contributed by atoms with van der Waals surface area (Å²) in [7, 11) is 0. The zero-order valence-corrected chi connectivity index (χ0v) is 8.64. The summed E-state index contributed by atoms with van der Waals surface area (Å²) in [4.78, 5) is 0. The molecule has 0 saturated carbocycles. The molecule has 0 spiro atoms. The zero-order chi connectivity index (χ0) is 10.8. The van der Waals surface area contributed by atoms with Gasteiger partial charge in [-0.3, -0.25) is 0 Å². The van der Waals surface area contributed by atoms with Crippen LogP contribution in [0.4, 0.5) is 5.82 Å². The van der Waals surface area contributed by atoms with Crippen LogP contribution in [0.5, 0.6) is 0 Å². The summed E-state index contributed by atoms with van der Waals surface area (Å²) in [5, 5.41) is 4.31. The van der Waals surface area contributed by atoms with Crippen LogP contribution in [0.3, 0.4) is 0 Å². The second-order valence-electron chi connectivity index (χ2n) is 3.50. The van der Waals surface area contributed by atoms with Crippen LogP contribution in [0.25, 0.3) is 5.69 Å². The topological polar surface area (TPSA) is 69.9 Å². The number of hydrogen-bond acceptors (Lipinski definition) is 3. The molecule has 0 atom stereocenters. The van der Waals surface area contributed by atoms with Gasteiger partial charge in [0, 0.05) is 12.6 Å². The Morgan fingerprint density at radius 3 is 2.73 bits per heavy atom. The van der Waals surface area contributed by atoms with Crippen molar-refractivity contribution in [2.45, 2.75) is 13.5 Å². The van der Waals surface area contributed by atoms with Gasteiger partial charge in [-0.05, 0) is 24.6 Å². The van der Waals surface area contributed by atoms with Crippen molar-refractivity contribution < 1.29 is 0 Å². The fourth-order valence-corrected chi connectivity index (χ4v) is 1.54. The van der Waals surface area contributed by atoms with Crippen molar-refractivity contribution in [3.8, 4) is 5.69 Å². The molecule has 4 nitrogen and oxygen atoms in total. The molecule has 0 aliphatic rings. The molecule has 4 heteroatoms. The molecule has 0 amide bonds. The van der Waals surface area contributed by atoms with E-state index >= 15 is 0 Å². The van der Waals surface area contributed by atoms with Gasteiger partial charge in [-0.1, -0.05) is 12.1 Å². The predicted octanol–water partition coefficient (Wildman–Crippen LogP) is 1.22. The molecule has 0 aliphatic carbocycles. The van der Waals surface area contributed by atoms with E-state index in [4.69, 9.17) is 11.5 Å². The summed E-state index contributed by atoms with van der Waals surface area (Å²) in [6.07, 6.45) is 0. The Morgan fingerprint density at radius 2 is 2.13 bits per heavy atom. The van der Waals surface area contributed by atoms with Crippen LogP contribution in [0.1, 0.15) is 11.3 Å². The molecule has 0 radical (unpaired) electrons. The molecule has 2 aromatic rings. The molecule has 2 rings (SSSR count). The number of nitrogens with two attached hydrogens (primary N) is 2. The number of nitrogen functional groups attached to an aromatic ring is 1. The Hall–Kier alpha value is -1.81. The molecule has 4 N–H and O–H groups in total. The number of aromatic nitrogens is 2. The first kappa shape index (κ1) is 9.73. The van der Waals surface area contributed by atoms with Crippen molar-refractivity contribution >= 4 is 5.82 Å². The smallest absolute Gasteiger partial charge is 0.127 e. The summed E-state index contributed by atoms with van der Waals surface area (Å²) < 4.78 is 1.72. The summed E-state index contributed by atoms with van der Waals surface area (Å²) >= 11 is 0. The Balaban J connectivity index is 2.49. The molecule has 0 unspecified atom stereocenters. The highest BCUT2D eigenvalue weighted by atomic mass is 15.3. The quantitative estimate of drug-likeness (QED) is 0.769. The van der Waals surface area contributed by atoms with Crippen molar-refractivity contribution in [3.05, 3.63) is 41.6 Å². The van der Waals surface area contributed by atoms with Gasteiger partial charge in [0.15, 0.2) is 0 Å². The lowest BCUT2D eigenvalue weighted by Crippen LogP contribution is -2.03. The molecule has 1 aromatic heterocycles. The van der Waals surface area contributed by atoms with E-state index < -0.39 is 0 Å². The number of benzene rings is 1. The van der Waals surface area contributed by atoms with E-state index in [0.717, 1.165) is 16.9 Å². The fraction of sp³-hybridized carbons (Fsp3) is 0.182. The zero-order valence-electron chi connectivity index (χ0n) is 8.64. The first-order chi connectivity index (χ1) is 7.20. The molecular weight excluding hydrogens is 188 g/mol. The minimum Gasteiger partial charge on any atom is -0.384 e. The van der Waals surface area contributed by atoms with Crippen molar-refractivity contribution in [3.63, 3.8) is 0 Å². The second-order valence-corrected chi connectivity index (χ2v) is 3.50. The predicted molar refractivity (Wildman–Crippen MR) is 60.6 cm³/mol. The Kier molecular flexibility index (Phi) is 2.43. The largest absolute Gasteiger partial charge is 0.384 e. The van der Waals surface area contributed by atoms with Crippen LogP contribution in [0.15, 0.2) is 30.3 Å². The summed E-state index contributed by atoms with van der Waals surface area (Å²) in [5.74, 6) is 0.640. The Bertz CT molecular complexity index is 473. The molecule has 0 bridgehead atoms. The van der Waals surface area contributed by atoms with Crippen LogP contribution in [-0.2, 0) is 6.54 Å². The van der Waals surface area contributed by atoms with Crippen LogP contribution < -0.4 is 11.5 Å². The molecule has 15 heavy (non-hydrogen) atoms. The van der Waals surface area contributed by atoms with E-state index in [2.05, 4.69) is 5.10 Å². The first-order valence-corrected chi connectivity index (χ1v) is 4.82. The fourth-order valence-electron chi connectivity index (χ4n) is 1.54. The highest BCUT2D eigenvalue weighted by Gasteiger charge is 2.04. The number of nitrogens with zero attached hydrogens (tertiary/aromatic N) is 2. The van der Waals surface area contributed by atoms with E-state index in [1.807, 2.05) is 37.3 Å². The van der Waals surface area contributed by atoms with Gasteiger partial charge in [0.1, 0.15) is 5.82 Å². The first-order valence-electron chi connectivity index (χ1n) is 4.82. The minimum absolute atomic E-state index is 0.522. The van der Waals surface area contributed by atoms with Gasteiger partial charge in [0.2, 0.25) is 0 Å². The van der Waals surface area contributed by atoms with E-state index in [0.29, 0.717) is 12.4 Å². The van der Waals surface area contributed by atoms with Crippen molar-refractivity contribution in [2.24, 2.45) is 5.73 Å². The molecule has 1 aromatic carbocycles. The average Bonchev–Trinajstić information content (AvgIpc) is 2.58. The van der Waals surface area contributed by atoms with E-state index in [1.54, 1.807) is 4.68 Å². The van der Waals surface area contributed by atoms with Crippen LogP contribution in [-0.4, -0.2) is 9.78 Å². The van der Waals surface area contributed by atoms with Gasteiger partial charge >= 0.3 is 0 Å². The molecule has 0 aliphatic heterocycles. The lowest BCUT2D eigenvalue weighted by Gasteiger charge is -2.05. The van der Waals surface area contributed by atoms with Crippen molar-refractivity contribution in [1.82, 2.24) is 9.78 Å². The number of hydrogen-bond donors (Lipinski definition) is 2. The van der Waals surface area contributed by atoms with Gasteiger partial charge in [-0.25, -0.2) is 4.68 Å². The summed E-state index contributed by atoms with van der Waals surface area (Å²) in [5.41, 5.74) is 14.3. The van der Waals surface area contributed by atoms with Gasteiger partial charge < -0.3 is 11.5 Å². The number of anilines is 1. The SMILES string of the molecule is Cc1cc(N)n(-c2cccc(CN)c2)n1. The van der Waals surface area contributed by atoms with E-state index in [1.165, 1.54) is 0 Å². The molecule has 0 saturated heterocycles. The number of rotatable bonds is 2. The second kappa shape index (κ2) is 3.74. The van der Waals surface area contributed by atoms with Crippen molar-refractivity contribution in [2.75, 3.05) is 5.73 Å². The Morgan fingerprint density at radius 1 is 1.33 bits per heavy atom. The Labute approximate surface area is 88.5 Å². The van der Waals surface area contributed by atoms with Gasteiger partial charge in [-0.2, -0.15) is 5.10 Å². The van der Waals surface area contributed by atoms with Gasteiger partial charge in [0.05, 0.1) is 11.4 Å². The highest BCUT2D eigenvalue weighted by Crippen LogP contribution is 2.15. The van der Waals surface area contributed by atoms with Crippen molar-refractivity contribution in [1.29, 1.82) is 0 Å². The van der Waals surface area contributed by atoms with Crippen LogP contribution in [0, 0.1) is 6.92 Å². The molecule has 0 fully saturated rings. The van der Waals surface area contributed by atoms with Crippen LogP contribution in [0.2, 0.25) is 0 Å². The standard InChI is InChI=1S/C11H14N4/c1-8-5-11(13)15(14-8)10-4-2-3-9(6-10)7-12/h2-6H,7,12-13H2,1H3. The van der Waals surface area contributed by atoms with E-state index in [-0.39, 0.29) is 0 Å². The third kappa shape index (κ3) is 1.85. The summed E-state index contributed by atoms with van der Waals surface area (Å²) in [6.45, 7) is 2.44. The summed E-state index contributed by atoms with van der Waals surface area (Å²) in [6, 6.07) is 9.73. The monoisotopic (exact) mass is 202 g/mol. The van der Waals surface area contributed by atoms with Gasteiger partial charge in [-0.15, -0.1) is 0 Å². The lowest BCUT2D eigenvalue weighted by atomic mass is 10.2. The molecule has 1 heterocycles. The average molecular weight is 202 g/mol.